The number of carbonyl (C=O) groups is 2. The first-order valence-corrected chi connectivity index (χ1v) is 11.8. The molecule has 5 nitrogen and oxygen atoms in total. The summed E-state index contributed by atoms with van der Waals surface area (Å²) in [6.07, 6.45) is 5.37. The second-order valence-corrected chi connectivity index (χ2v) is 9.85. The van der Waals surface area contributed by atoms with Crippen LogP contribution in [-0.2, 0) is 16.0 Å². The van der Waals surface area contributed by atoms with Gasteiger partial charge in [-0.3, -0.25) is 9.59 Å². The van der Waals surface area contributed by atoms with Gasteiger partial charge in [-0.25, -0.2) is 0 Å². The van der Waals surface area contributed by atoms with E-state index >= 15 is 0 Å². The molecule has 1 heterocycles. The summed E-state index contributed by atoms with van der Waals surface area (Å²) in [4.78, 5) is 30.1. The molecule has 1 aliphatic heterocycles. The fourth-order valence-electron chi connectivity index (χ4n) is 5.55. The first-order valence-electron chi connectivity index (χ1n) is 11.8. The van der Waals surface area contributed by atoms with Crippen molar-refractivity contribution in [1.82, 2.24) is 9.80 Å². The molecule has 2 atom stereocenters. The van der Waals surface area contributed by atoms with Crippen LogP contribution in [0.4, 0.5) is 0 Å². The monoisotopic (exact) mass is 432 g/mol. The molecule has 1 spiro atoms. The van der Waals surface area contributed by atoms with Gasteiger partial charge in [-0.1, -0.05) is 42.8 Å². The summed E-state index contributed by atoms with van der Waals surface area (Å²) in [5.74, 6) is 1.24. The Bertz CT molecular complexity index is 1030. The van der Waals surface area contributed by atoms with Crippen molar-refractivity contribution in [3.05, 3.63) is 54.1 Å². The van der Waals surface area contributed by atoms with Crippen molar-refractivity contribution in [2.45, 2.75) is 32.1 Å². The quantitative estimate of drug-likeness (QED) is 0.717. The number of likely N-dealkylation sites (N-methyl/N-ethyl adjacent to an activating group) is 1. The van der Waals surface area contributed by atoms with Crippen molar-refractivity contribution in [1.29, 1.82) is 0 Å². The van der Waals surface area contributed by atoms with E-state index in [1.54, 1.807) is 12.0 Å². The van der Waals surface area contributed by atoms with Crippen molar-refractivity contribution in [3.8, 4) is 16.9 Å². The van der Waals surface area contributed by atoms with Crippen LogP contribution in [0, 0.1) is 17.3 Å². The first-order chi connectivity index (χ1) is 15.5. The Morgan fingerprint density at radius 1 is 1.09 bits per heavy atom. The lowest BCUT2D eigenvalue weighted by atomic mass is 9.79. The first kappa shape index (κ1) is 21.0. The number of ether oxygens (including phenoxy) is 1. The third-order valence-corrected chi connectivity index (χ3v) is 7.83. The average Bonchev–Trinajstić information content (AvgIpc) is 3.58. The fraction of sp³-hybridized carbons (Fsp3) is 0.481. The molecule has 2 aromatic carbocycles. The zero-order valence-corrected chi connectivity index (χ0v) is 19.0. The van der Waals surface area contributed by atoms with Crippen molar-refractivity contribution in [3.63, 3.8) is 0 Å². The summed E-state index contributed by atoms with van der Waals surface area (Å²) in [6.45, 7) is 1.79. The van der Waals surface area contributed by atoms with E-state index in [0.29, 0.717) is 31.5 Å². The van der Waals surface area contributed by atoms with Gasteiger partial charge >= 0.3 is 0 Å². The van der Waals surface area contributed by atoms with Gasteiger partial charge in [-0.05, 0) is 59.9 Å². The van der Waals surface area contributed by atoms with Crippen LogP contribution in [0.3, 0.4) is 0 Å². The standard InChI is InChI=1S/C27H32N2O3/c1-28-12-13-29(26(31)24-17-27(24)10-5-11-27)18-22(25(28)30)15-19-6-3-7-20(14-19)21-8-4-9-23(16-21)32-2/h3-4,6-9,14,16,22,24H,5,10-13,15,17-18H2,1-2H3/t22-,24-/m0/s1. The number of rotatable bonds is 5. The van der Waals surface area contributed by atoms with Crippen LogP contribution in [0.25, 0.3) is 11.1 Å². The molecular weight excluding hydrogens is 400 g/mol. The Hall–Kier alpha value is -2.82. The van der Waals surface area contributed by atoms with Gasteiger partial charge in [-0.15, -0.1) is 0 Å². The molecule has 2 aliphatic carbocycles. The van der Waals surface area contributed by atoms with Crippen molar-refractivity contribution in [2.75, 3.05) is 33.8 Å². The minimum atomic E-state index is -0.205. The van der Waals surface area contributed by atoms with Crippen molar-refractivity contribution >= 4 is 11.8 Å². The fourth-order valence-corrected chi connectivity index (χ4v) is 5.55. The summed E-state index contributed by atoms with van der Waals surface area (Å²) in [5.41, 5.74) is 3.63. The van der Waals surface area contributed by atoms with E-state index in [4.69, 9.17) is 4.74 Å². The lowest BCUT2D eigenvalue weighted by molar-refractivity contribution is -0.135. The van der Waals surface area contributed by atoms with Crippen LogP contribution in [0.15, 0.2) is 48.5 Å². The summed E-state index contributed by atoms with van der Waals surface area (Å²) in [5, 5.41) is 0. The molecule has 3 aliphatic rings. The second kappa shape index (κ2) is 8.27. The molecule has 32 heavy (non-hydrogen) atoms. The molecule has 0 aromatic heterocycles. The van der Waals surface area contributed by atoms with E-state index < -0.39 is 0 Å². The zero-order valence-electron chi connectivity index (χ0n) is 19.0. The zero-order chi connectivity index (χ0) is 22.3. The van der Waals surface area contributed by atoms with E-state index in [2.05, 4.69) is 24.3 Å². The van der Waals surface area contributed by atoms with Gasteiger partial charge in [0.15, 0.2) is 0 Å². The van der Waals surface area contributed by atoms with Gasteiger partial charge in [0.2, 0.25) is 11.8 Å². The van der Waals surface area contributed by atoms with E-state index in [9.17, 15) is 9.59 Å². The maximum absolute atomic E-state index is 13.2. The number of methoxy groups -OCH3 is 1. The number of amides is 2. The third-order valence-electron chi connectivity index (χ3n) is 7.83. The normalized spacial score (nSPS) is 24.1. The Balaban J connectivity index is 1.33. The van der Waals surface area contributed by atoms with Gasteiger partial charge in [-0.2, -0.15) is 0 Å². The summed E-state index contributed by atoms with van der Waals surface area (Å²) >= 11 is 0. The van der Waals surface area contributed by atoms with Crippen LogP contribution < -0.4 is 4.74 Å². The van der Waals surface area contributed by atoms with Crippen LogP contribution in [0.5, 0.6) is 5.75 Å². The van der Waals surface area contributed by atoms with E-state index in [0.717, 1.165) is 28.9 Å². The van der Waals surface area contributed by atoms with E-state index in [1.165, 1.54) is 19.3 Å². The number of hydrogen-bond donors (Lipinski definition) is 0. The van der Waals surface area contributed by atoms with Crippen molar-refractivity contribution < 1.29 is 14.3 Å². The number of benzene rings is 2. The molecule has 0 bridgehead atoms. The smallest absolute Gasteiger partial charge is 0.227 e. The molecule has 2 amide bonds. The van der Waals surface area contributed by atoms with Crippen LogP contribution >= 0.6 is 0 Å². The summed E-state index contributed by atoms with van der Waals surface area (Å²) in [7, 11) is 3.53. The number of nitrogens with zero attached hydrogens (tertiary/aromatic N) is 2. The van der Waals surface area contributed by atoms with Gasteiger partial charge in [0.25, 0.3) is 0 Å². The van der Waals surface area contributed by atoms with E-state index in [-0.39, 0.29) is 23.7 Å². The Morgan fingerprint density at radius 2 is 1.84 bits per heavy atom. The van der Waals surface area contributed by atoms with Crippen molar-refractivity contribution in [2.24, 2.45) is 17.3 Å². The molecule has 1 saturated heterocycles. The SMILES string of the molecule is COc1cccc(-c2cccc(C[C@H]3CN(C(=O)[C@@H]4CC45CCC5)CCN(C)C3=O)c2)c1. The molecule has 2 saturated carbocycles. The van der Waals surface area contributed by atoms with Gasteiger partial charge < -0.3 is 14.5 Å². The molecule has 5 rings (SSSR count). The molecule has 3 fully saturated rings. The largest absolute Gasteiger partial charge is 0.497 e. The molecule has 0 N–H and O–H groups in total. The predicted octanol–water partition coefficient (Wildman–Crippen LogP) is 4.01. The molecule has 5 heteroatoms. The average molecular weight is 433 g/mol. The minimum Gasteiger partial charge on any atom is -0.497 e. The van der Waals surface area contributed by atoms with Gasteiger partial charge in [0, 0.05) is 32.6 Å². The Labute approximate surface area is 190 Å². The minimum absolute atomic E-state index is 0.140. The molecule has 2 aromatic rings. The highest BCUT2D eigenvalue weighted by molar-refractivity contribution is 5.85. The highest BCUT2D eigenvalue weighted by atomic mass is 16.5. The van der Waals surface area contributed by atoms with E-state index in [1.807, 2.05) is 36.2 Å². The highest BCUT2D eigenvalue weighted by Gasteiger charge is 2.61. The maximum atomic E-state index is 13.2. The maximum Gasteiger partial charge on any atom is 0.227 e. The molecule has 0 unspecified atom stereocenters. The lowest BCUT2D eigenvalue weighted by Crippen LogP contribution is -2.39. The highest BCUT2D eigenvalue weighted by Crippen LogP contribution is 2.65. The van der Waals surface area contributed by atoms with Crippen LogP contribution in [0.1, 0.15) is 31.2 Å². The lowest BCUT2D eigenvalue weighted by Gasteiger charge is -2.29. The van der Waals surface area contributed by atoms with Crippen LogP contribution in [0.2, 0.25) is 0 Å². The molecule has 168 valence electrons. The Morgan fingerprint density at radius 3 is 2.53 bits per heavy atom. The van der Waals surface area contributed by atoms with Crippen LogP contribution in [-0.4, -0.2) is 55.4 Å². The predicted molar refractivity (Wildman–Crippen MR) is 124 cm³/mol. The molecular formula is C27H32N2O3. The number of carbonyl (C=O) groups excluding carboxylic acids is 2. The topological polar surface area (TPSA) is 49.9 Å². The second-order valence-electron chi connectivity index (χ2n) is 9.85. The summed E-state index contributed by atoms with van der Waals surface area (Å²) in [6, 6.07) is 16.4. The summed E-state index contributed by atoms with van der Waals surface area (Å²) < 4.78 is 5.37. The molecule has 0 radical (unpaired) electrons. The van der Waals surface area contributed by atoms with Gasteiger partial charge in [0.1, 0.15) is 5.75 Å². The number of hydrogen-bond acceptors (Lipinski definition) is 3. The Kier molecular flexibility index (Phi) is 5.44. The van der Waals surface area contributed by atoms with Gasteiger partial charge in [0.05, 0.1) is 13.0 Å². The third kappa shape index (κ3) is 3.89.